The Labute approximate surface area is 114 Å². The highest BCUT2D eigenvalue weighted by molar-refractivity contribution is 7.89. The van der Waals surface area contributed by atoms with Crippen LogP contribution in [0.15, 0.2) is 23.1 Å². The Morgan fingerprint density at radius 1 is 1.42 bits per heavy atom. The highest BCUT2D eigenvalue weighted by Crippen LogP contribution is 2.20. The van der Waals surface area contributed by atoms with E-state index in [9.17, 15) is 8.42 Å². The summed E-state index contributed by atoms with van der Waals surface area (Å²) in [5, 5.41) is 7.54. The Morgan fingerprint density at radius 3 is 2.47 bits per heavy atom. The van der Waals surface area contributed by atoms with Gasteiger partial charge < -0.3 is 5.73 Å². The van der Waals surface area contributed by atoms with E-state index in [4.69, 9.17) is 11.1 Å². The first-order chi connectivity index (χ1) is 8.62. The summed E-state index contributed by atoms with van der Waals surface area (Å²) in [6.07, 6.45) is 0.409. The van der Waals surface area contributed by atoms with E-state index in [0.717, 1.165) is 5.56 Å². The second-order valence-corrected chi connectivity index (χ2v) is 6.62. The van der Waals surface area contributed by atoms with Crippen molar-refractivity contribution in [2.75, 3.05) is 0 Å². The maximum atomic E-state index is 12.4. The van der Waals surface area contributed by atoms with E-state index in [-0.39, 0.29) is 10.7 Å². The average molecular weight is 283 g/mol. The van der Waals surface area contributed by atoms with Crippen molar-refractivity contribution < 1.29 is 8.42 Å². The average Bonchev–Trinajstić information content (AvgIpc) is 2.31. The molecule has 4 N–H and O–H groups in total. The lowest BCUT2D eigenvalue weighted by Gasteiger charge is -2.28. The van der Waals surface area contributed by atoms with E-state index in [1.54, 1.807) is 32.9 Å². The highest BCUT2D eigenvalue weighted by atomic mass is 32.2. The first kappa shape index (κ1) is 15.7. The van der Waals surface area contributed by atoms with Gasteiger partial charge in [0.05, 0.1) is 10.4 Å². The molecule has 0 amide bonds. The third-order valence-corrected chi connectivity index (χ3v) is 5.03. The molecule has 0 spiro atoms. The predicted molar refractivity (Wildman–Crippen MR) is 76.8 cm³/mol. The number of hydrogen-bond donors (Lipinski definition) is 3. The molecule has 0 aliphatic carbocycles. The standard InChI is InChI=1S/C13H21N3O2S/c1-5-13(4,12(14)15)16-19(17,18)11-8-9(2)6-7-10(11)3/h6-8,16H,5H2,1-4H3,(H3,14,15). The van der Waals surface area contributed by atoms with Crippen LogP contribution in [0.25, 0.3) is 0 Å². The van der Waals surface area contributed by atoms with Gasteiger partial charge in [0.1, 0.15) is 5.84 Å². The molecule has 106 valence electrons. The van der Waals surface area contributed by atoms with Crippen LogP contribution in [0.1, 0.15) is 31.4 Å². The molecule has 0 aliphatic heterocycles. The second-order valence-electron chi connectivity index (χ2n) is 4.97. The van der Waals surface area contributed by atoms with Gasteiger partial charge in [-0.05, 0) is 44.4 Å². The number of benzene rings is 1. The van der Waals surface area contributed by atoms with Crippen LogP contribution >= 0.6 is 0 Å². The van der Waals surface area contributed by atoms with Gasteiger partial charge in [-0.3, -0.25) is 5.41 Å². The molecular formula is C13H21N3O2S. The van der Waals surface area contributed by atoms with Crippen LogP contribution in [0.5, 0.6) is 0 Å². The fourth-order valence-electron chi connectivity index (χ4n) is 1.67. The van der Waals surface area contributed by atoms with Crippen molar-refractivity contribution in [1.29, 1.82) is 5.41 Å². The minimum atomic E-state index is -3.70. The van der Waals surface area contributed by atoms with E-state index in [0.29, 0.717) is 12.0 Å². The molecule has 0 heterocycles. The fraction of sp³-hybridized carbons (Fsp3) is 0.462. The zero-order chi connectivity index (χ0) is 14.8. The van der Waals surface area contributed by atoms with Gasteiger partial charge in [-0.1, -0.05) is 19.1 Å². The largest absolute Gasteiger partial charge is 0.386 e. The van der Waals surface area contributed by atoms with Crippen LogP contribution in [-0.2, 0) is 10.0 Å². The van der Waals surface area contributed by atoms with E-state index in [2.05, 4.69) is 4.72 Å². The predicted octanol–water partition coefficient (Wildman–Crippen LogP) is 1.69. The Balaban J connectivity index is 3.26. The van der Waals surface area contributed by atoms with Crippen molar-refractivity contribution in [2.45, 2.75) is 44.6 Å². The molecule has 0 aliphatic rings. The molecule has 19 heavy (non-hydrogen) atoms. The molecule has 1 rings (SSSR count). The number of sulfonamides is 1. The maximum Gasteiger partial charge on any atom is 0.241 e. The zero-order valence-corrected chi connectivity index (χ0v) is 12.6. The SMILES string of the molecule is CCC(C)(NS(=O)(=O)c1cc(C)ccc1C)C(=N)N. The van der Waals surface area contributed by atoms with Gasteiger partial charge >= 0.3 is 0 Å². The smallest absolute Gasteiger partial charge is 0.241 e. The quantitative estimate of drug-likeness (QED) is 0.566. The molecule has 0 saturated carbocycles. The lowest BCUT2D eigenvalue weighted by atomic mass is 10.00. The monoisotopic (exact) mass is 283 g/mol. The number of amidine groups is 1. The minimum Gasteiger partial charge on any atom is -0.386 e. The van der Waals surface area contributed by atoms with E-state index < -0.39 is 15.6 Å². The number of hydrogen-bond acceptors (Lipinski definition) is 3. The molecule has 1 aromatic rings. The fourth-order valence-corrected chi connectivity index (χ4v) is 3.46. The number of nitrogens with two attached hydrogens (primary N) is 1. The molecule has 0 fully saturated rings. The summed E-state index contributed by atoms with van der Waals surface area (Å²) in [6.45, 7) is 6.97. The number of nitrogens with one attached hydrogen (secondary N) is 2. The molecule has 5 nitrogen and oxygen atoms in total. The van der Waals surface area contributed by atoms with Crippen molar-refractivity contribution in [2.24, 2.45) is 5.73 Å². The normalized spacial score (nSPS) is 14.9. The minimum absolute atomic E-state index is 0.191. The summed E-state index contributed by atoms with van der Waals surface area (Å²) in [5.74, 6) is -0.191. The summed E-state index contributed by atoms with van der Waals surface area (Å²) < 4.78 is 27.4. The van der Waals surface area contributed by atoms with Crippen molar-refractivity contribution >= 4 is 15.9 Å². The van der Waals surface area contributed by atoms with Gasteiger partial charge in [0.15, 0.2) is 0 Å². The summed E-state index contributed by atoms with van der Waals surface area (Å²) in [4.78, 5) is 0.230. The first-order valence-electron chi connectivity index (χ1n) is 6.08. The van der Waals surface area contributed by atoms with Gasteiger partial charge in [0.25, 0.3) is 0 Å². The molecular weight excluding hydrogens is 262 g/mol. The van der Waals surface area contributed by atoms with Crippen LogP contribution in [0, 0.1) is 19.3 Å². The summed E-state index contributed by atoms with van der Waals surface area (Å²) >= 11 is 0. The van der Waals surface area contributed by atoms with Crippen LogP contribution in [0.2, 0.25) is 0 Å². The molecule has 1 atom stereocenters. The van der Waals surface area contributed by atoms with E-state index in [1.807, 2.05) is 13.0 Å². The molecule has 1 unspecified atom stereocenters. The lowest BCUT2D eigenvalue weighted by molar-refractivity contribution is 0.505. The third kappa shape index (κ3) is 3.33. The van der Waals surface area contributed by atoms with Crippen LogP contribution in [0.3, 0.4) is 0 Å². The highest BCUT2D eigenvalue weighted by Gasteiger charge is 2.32. The maximum absolute atomic E-state index is 12.4. The van der Waals surface area contributed by atoms with Crippen molar-refractivity contribution in [1.82, 2.24) is 4.72 Å². The Hall–Kier alpha value is -1.40. The third-order valence-electron chi connectivity index (χ3n) is 3.29. The van der Waals surface area contributed by atoms with Gasteiger partial charge in [0, 0.05) is 0 Å². The molecule has 6 heteroatoms. The Kier molecular flexibility index (Phi) is 4.37. The second kappa shape index (κ2) is 5.30. The Bertz CT molecular complexity index is 596. The van der Waals surface area contributed by atoms with Gasteiger partial charge in [0.2, 0.25) is 10.0 Å². The molecule has 1 aromatic carbocycles. The van der Waals surface area contributed by atoms with Crippen molar-refractivity contribution in [3.05, 3.63) is 29.3 Å². The summed E-state index contributed by atoms with van der Waals surface area (Å²) in [7, 11) is -3.70. The Morgan fingerprint density at radius 2 is 2.00 bits per heavy atom. The van der Waals surface area contributed by atoms with E-state index in [1.165, 1.54) is 0 Å². The van der Waals surface area contributed by atoms with Crippen LogP contribution < -0.4 is 10.5 Å². The summed E-state index contributed by atoms with van der Waals surface area (Å²) in [6, 6.07) is 5.24. The van der Waals surface area contributed by atoms with Crippen molar-refractivity contribution in [3.63, 3.8) is 0 Å². The van der Waals surface area contributed by atoms with Crippen LogP contribution in [-0.4, -0.2) is 19.8 Å². The molecule has 0 bridgehead atoms. The molecule has 0 radical (unpaired) electrons. The van der Waals surface area contributed by atoms with Gasteiger partial charge in [-0.15, -0.1) is 0 Å². The van der Waals surface area contributed by atoms with Gasteiger partial charge in [-0.25, -0.2) is 8.42 Å². The topological polar surface area (TPSA) is 96.0 Å². The zero-order valence-electron chi connectivity index (χ0n) is 11.7. The summed E-state index contributed by atoms with van der Waals surface area (Å²) in [5.41, 5.74) is 5.96. The lowest BCUT2D eigenvalue weighted by Crippen LogP contribution is -2.54. The van der Waals surface area contributed by atoms with Gasteiger partial charge in [-0.2, -0.15) is 4.72 Å². The molecule has 0 aromatic heterocycles. The first-order valence-corrected chi connectivity index (χ1v) is 7.56. The van der Waals surface area contributed by atoms with Crippen molar-refractivity contribution in [3.8, 4) is 0 Å². The number of aryl methyl sites for hydroxylation is 2. The molecule has 0 saturated heterocycles. The van der Waals surface area contributed by atoms with Crippen LogP contribution in [0.4, 0.5) is 0 Å². The number of rotatable bonds is 5. The van der Waals surface area contributed by atoms with E-state index >= 15 is 0 Å².